The third kappa shape index (κ3) is 6.07. The van der Waals surface area contributed by atoms with Gasteiger partial charge in [-0.25, -0.2) is 0 Å². The lowest BCUT2D eigenvalue weighted by Gasteiger charge is -2.34. The van der Waals surface area contributed by atoms with Gasteiger partial charge in [-0.3, -0.25) is 4.79 Å². The van der Waals surface area contributed by atoms with E-state index in [2.05, 4.69) is 13.8 Å². The zero-order valence-corrected chi connectivity index (χ0v) is 12.4. The summed E-state index contributed by atoms with van der Waals surface area (Å²) in [5.74, 6) is 0.0615. The average molecular weight is 266 g/mol. The van der Waals surface area contributed by atoms with Gasteiger partial charge in [0.05, 0.1) is 31.6 Å². The van der Waals surface area contributed by atoms with Crippen LogP contribution >= 0.6 is 0 Å². The number of carbonyl (C=O) groups excluding carboxylic acids is 1. The van der Waals surface area contributed by atoms with Gasteiger partial charge < -0.3 is 9.64 Å². The number of rotatable bonds is 6. The molecule has 0 saturated heterocycles. The topological polar surface area (TPSA) is 53.3 Å². The van der Waals surface area contributed by atoms with Gasteiger partial charge >= 0.3 is 0 Å². The molecular formula is C15H26N2O2. The minimum Gasteiger partial charge on any atom is -0.378 e. The maximum atomic E-state index is 11.7. The third-order valence-electron chi connectivity index (χ3n) is 3.94. The van der Waals surface area contributed by atoms with Crippen LogP contribution in [-0.2, 0) is 9.53 Å². The van der Waals surface area contributed by atoms with Crippen molar-refractivity contribution in [2.24, 2.45) is 5.41 Å². The van der Waals surface area contributed by atoms with Crippen LogP contribution in [0, 0.1) is 16.7 Å². The molecular weight excluding hydrogens is 240 g/mol. The fourth-order valence-electron chi connectivity index (χ4n) is 2.39. The Balaban J connectivity index is 2.14. The predicted octanol–water partition coefficient (Wildman–Crippen LogP) is 2.73. The van der Waals surface area contributed by atoms with Crippen molar-refractivity contribution >= 4 is 5.91 Å². The van der Waals surface area contributed by atoms with Gasteiger partial charge in [0.1, 0.15) is 0 Å². The van der Waals surface area contributed by atoms with Crippen LogP contribution in [0.15, 0.2) is 0 Å². The zero-order chi connectivity index (χ0) is 14.3. The normalized spacial score (nSPS) is 18.8. The lowest BCUT2D eigenvalue weighted by Crippen LogP contribution is -2.30. The molecule has 108 valence electrons. The van der Waals surface area contributed by atoms with E-state index in [4.69, 9.17) is 10.00 Å². The summed E-state index contributed by atoms with van der Waals surface area (Å²) in [6, 6.07) is 2.04. The Morgan fingerprint density at radius 3 is 2.63 bits per heavy atom. The summed E-state index contributed by atoms with van der Waals surface area (Å²) in [5.41, 5.74) is 0.452. The van der Waals surface area contributed by atoms with Crippen molar-refractivity contribution in [1.82, 2.24) is 4.90 Å². The first-order valence-corrected chi connectivity index (χ1v) is 7.17. The molecule has 0 aromatic carbocycles. The second-order valence-corrected chi connectivity index (χ2v) is 6.21. The standard InChI is InChI=1S/C15H26N2O2/c1-15(2)8-5-13(6-9-15)19-12-7-14(18)17(3)11-4-10-16/h13H,4-9,11-12H2,1-3H3. The number of ether oxygens (including phenoxy) is 1. The smallest absolute Gasteiger partial charge is 0.224 e. The van der Waals surface area contributed by atoms with Crippen LogP contribution in [-0.4, -0.2) is 37.1 Å². The van der Waals surface area contributed by atoms with Crippen molar-refractivity contribution in [3.8, 4) is 6.07 Å². The minimum absolute atomic E-state index is 0.0615. The summed E-state index contributed by atoms with van der Waals surface area (Å²) in [7, 11) is 1.74. The van der Waals surface area contributed by atoms with Crippen LogP contribution < -0.4 is 0 Å². The number of nitriles is 1. The largest absolute Gasteiger partial charge is 0.378 e. The van der Waals surface area contributed by atoms with Crippen LogP contribution in [0.2, 0.25) is 0 Å². The van der Waals surface area contributed by atoms with Gasteiger partial charge in [-0.15, -0.1) is 0 Å². The molecule has 4 nitrogen and oxygen atoms in total. The Morgan fingerprint density at radius 2 is 2.05 bits per heavy atom. The van der Waals surface area contributed by atoms with E-state index in [9.17, 15) is 4.79 Å². The monoisotopic (exact) mass is 266 g/mol. The maximum Gasteiger partial charge on any atom is 0.224 e. The van der Waals surface area contributed by atoms with Crippen LogP contribution in [0.3, 0.4) is 0 Å². The number of carbonyl (C=O) groups is 1. The van der Waals surface area contributed by atoms with Gasteiger partial charge in [-0.2, -0.15) is 5.26 Å². The van der Waals surface area contributed by atoms with Gasteiger partial charge in [0.2, 0.25) is 5.91 Å². The van der Waals surface area contributed by atoms with Gasteiger partial charge in [0.25, 0.3) is 0 Å². The van der Waals surface area contributed by atoms with Crippen LogP contribution in [0.25, 0.3) is 0 Å². The molecule has 0 N–H and O–H groups in total. The fraction of sp³-hybridized carbons (Fsp3) is 0.867. The second kappa shape index (κ2) is 7.49. The summed E-state index contributed by atoms with van der Waals surface area (Å²) < 4.78 is 5.79. The quantitative estimate of drug-likeness (QED) is 0.742. The van der Waals surface area contributed by atoms with Gasteiger partial charge in [-0.1, -0.05) is 13.8 Å². The third-order valence-corrected chi connectivity index (χ3v) is 3.94. The first-order valence-electron chi connectivity index (χ1n) is 7.17. The van der Waals surface area contributed by atoms with E-state index in [-0.39, 0.29) is 5.91 Å². The molecule has 0 aromatic heterocycles. The highest BCUT2D eigenvalue weighted by Crippen LogP contribution is 2.36. The molecule has 1 fully saturated rings. The van der Waals surface area contributed by atoms with Crippen molar-refractivity contribution in [3.63, 3.8) is 0 Å². The summed E-state index contributed by atoms with van der Waals surface area (Å²) in [5, 5.41) is 8.47. The fourth-order valence-corrected chi connectivity index (χ4v) is 2.39. The molecule has 0 unspecified atom stereocenters. The molecule has 1 aliphatic carbocycles. The van der Waals surface area contributed by atoms with Crippen LogP contribution in [0.4, 0.5) is 0 Å². The number of hydrogen-bond acceptors (Lipinski definition) is 3. The van der Waals surface area contributed by atoms with Crippen molar-refractivity contribution < 1.29 is 9.53 Å². The molecule has 0 bridgehead atoms. The molecule has 0 spiro atoms. The lowest BCUT2D eigenvalue weighted by atomic mass is 9.76. The number of hydrogen-bond donors (Lipinski definition) is 0. The second-order valence-electron chi connectivity index (χ2n) is 6.21. The Bertz CT molecular complexity index is 324. The van der Waals surface area contributed by atoms with E-state index < -0.39 is 0 Å². The lowest BCUT2D eigenvalue weighted by molar-refractivity contribution is -0.131. The highest BCUT2D eigenvalue weighted by molar-refractivity contribution is 5.75. The summed E-state index contributed by atoms with van der Waals surface area (Å²) in [6.45, 7) is 5.61. The van der Waals surface area contributed by atoms with E-state index >= 15 is 0 Å². The van der Waals surface area contributed by atoms with Crippen molar-refractivity contribution in [2.45, 2.75) is 58.5 Å². The molecule has 0 heterocycles. The average Bonchev–Trinajstić information content (AvgIpc) is 2.37. The van der Waals surface area contributed by atoms with Gasteiger partial charge in [0.15, 0.2) is 0 Å². The predicted molar refractivity (Wildman–Crippen MR) is 74.5 cm³/mol. The van der Waals surface area contributed by atoms with Gasteiger partial charge in [0, 0.05) is 13.6 Å². The summed E-state index contributed by atoms with van der Waals surface area (Å²) >= 11 is 0. The highest BCUT2D eigenvalue weighted by atomic mass is 16.5. The van der Waals surface area contributed by atoms with E-state index in [1.165, 1.54) is 12.8 Å². The first kappa shape index (κ1) is 16.0. The molecule has 1 amide bonds. The SMILES string of the molecule is CN(CCC#N)C(=O)CCOC1CCC(C)(C)CC1. The molecule has 19 heavy (non-hydrogen) atoms. The molecule has 0 radical (unpaired) electrons. The van der Waals surface area contributed by atoms with Crippen LogP contribution in [0.5, 0.6) is 0 Å². The number of nitrogens with zero attached hydrogens (tertiary/aromatic N) is 2. The highest BCUT2D eigenvalue weighted by Gasteiger charge is 2.27. The van der Waals surface area contributed by atoms with E-state index in [0.717, 1.165) is 12.8 Å². The maximum absolute atomic E-state index is 11.7. The molecule has 0 aromatic rings. The summed E-state index contributed by atoms with van der Waals surface area (Å²) in [4.78, 5) is 13.3. The number of amides is 1. The molecule has 1 rings (SSSR count). The van der Waals surface area contributed by atoms with E-state index in [0.29, 0.717) is 37.5 Å². The Labute approximate surface area is 116 Å². The van der Waals surface area contributed by atoms with Crippen molar-refractivity contribution in [2.75, 3.05) is 20.2 Å². The Hall–Kier alpha value is -1.08. The zero-order valence-electron chi connectivity index (χ0n) is 12.4. The van der Waals surface area contributed by atoms with Crippen molar-refractivity contribution in [3.05, 3.63) is 0 Å². The molecule has 0 aliphatic heterocycles. The van der Waals surface area contributed by atoms with Gasteiger partial charge in [-0.05, 0) is 31.1 Å². The molecule has 4 heteroatoms. The van der Waals surface area contributed by atoms with E-state index in [1.54, 1.807) is 11.9 Å². The Morgan fingerprint density at radius 1 is 1.42 bits per heavy atom. The van der Waals surface area contributed by atoms with E-state index in [1.807, 2.05) is 6.07 Å². The molecule has 0 atom stereocenters. The van der Waals surface area contributed by atoms with Crippen molar-refractivity contribution in [1.29, 1.82) is 5.26 Å². The first-order chi connectivity index (χ1) is 8.94. The summed E-state index contributed by atoms with van der Waals surface area (Å²) in [6.07, 6.45) is 5.74. The Kier molecular flexibility index (Phi) is 6.30. The molecule has 1 saturated carbocycles. The van der Waals surface area contributed by atoms with Crippen LogP contribution in [0.1, 0.15) is 52.4 Å². The minimum atomic E-state index is 0.0615. The molecule has 1 aliphatic rings.